The molecule has 0 saturated heterocycles. The smallest absolute Gasteiger partial charge is 0.406 e. The van der Waals surface area contributed by atoms with Gasteiger partial charge in [0.15, 0.2) is 0 Å². The van der Waals surface area contributed by atoms with E-state index in [-0.39, 0.29) is 5.75 Å². The predicted molar refractivity (Wildman–Crippen MR) is 77.6 cm³/mol. The van der Waals surface area contributed by atoms with E-state index in [4.69, 9.17) is 0 Å². The molecule has 3 nitrogen and oxygen atoms in total. The topological polar surface area (TPSA) is 27.1 Å². The molecule has 1 aromatic heterocycles. The first-order chi connectivity index (χ1) is 10.3. The third kappa shape index (κ3) is 2.77. The molecule has 0 aliphatic rings. The summed E-state index contributed by atoms with van der Waals surface area (Å²) in [7, 11) is 1.90. The van der Waals surface area contributed by atoms with Crippen molar-refractivity contribution < 1.29 is 17.9 Å². The molecule has 3 rings (SSSR count). The molecule has 6 heteroatoms. The molecule has 0 aliphatic heterocycles. The van der Waals surface area contributed by atoms with Crippen LogP contribution < -0.4 is 4.74 Å². The standard InChI is InChI=1S/C16H13F3N2O/c1-10-7-13(15-14(8-10)21(2)9-20-15)11-3-5-12(6-4-11)22-16(17,18)19/h3-9H,1-2H3. The van der Waals surface area contributed by atoms with Crippen LogP contribution in [-0.4, -0.2) is 15.9 Å². The van der Waals surface area contributed by atoms with Gasteiger partial charge in [0.1, 0.15) is 5.75 Å². The van der Waals surface area contributed by atoms with E-state index in [2.05, 4.69) is 9.72 Å². The van der Waals surface area contributed by atoms with Crippen LogP contribution in [0.4, 0.5) is 13.2 Å². The molecule has 2 aromatic carbocycles. The minimum atomic E-state index is -4.68. The summed E-state index contributed by atoms with van der Waals surface area (Å²) in [6, 6.07) is 9.80. The van der Waals surface area contributed by atoms with E-state index in [9.17, 15) is 13.2 Å². The van der Waals surface area contributed by atoms with Crippen LogP contribution in [0.5, 0.6) is 5.75 Å². The van der Waals surface area contributed by atoms with Crippen LogP contribution in [-0.2, 0) is 7.05 Å². The molecule has 0 spiro atoms. The van der Waals surface area contributed by atoms with Gasteiger partial charge in [-0.3, -0.25) is 0 Å². The van der Waals surface area contributed by atoms with Crippen LogP contribution in [0.2, 0.25) is 0 Å². The lowest BCUT2D eigenvalue weighted by atomic mass is 10.0. The first-order valence-corrected chi connectivity index (χ1v) is 6.61. The van der Waals surface area contributed by atoms with Gasteiger partial charge in [0.05, 0.1) is 17.4 Å². The van der Waals surface area contributed by atoms with Crippen LogP contribution in [0.25, 0.3) is 22.2 Å². The number of halogens is 3. The van der Waals surface area contributed by atoms with E-state index in [0.29, 0.717) is 0 Å². The molecule has 0 amide bonds. The Morgan fingerprint density at radius 1 is 1.09 bits per heavy atom. The molecule has 0 radical (unpaired) electrons. The van der Waals surface area contributed by atoms with Crippen molar-refractivity contribution in [3.05, 3.63) is 48.3 Å². The van der Waals surface area contributed by atoms with E-state index in [1.54, 1.807) is 18.5 Å². The van der Waals surface area contributed by atoms with Crippen molar-refractivity contribution in [3.8, 4) is 16.9 Å². The molecular weight excluding hydrogens is 293 g/mol. The molecule has 0 fully saturated rings. The zero-order chi connectivity index (χ0) is 15.9. The summed E-state index contributed by atoms with van der Waals surface area (Å²) in [5.41, 5.74) is 4.53. The van der Waals surface area contributed by atoms with Crippen molar-refractivity contribution in [1.82, 2.24) is 9.55 Å². The number of hydrogen-bond donors (Lipinski definition) is 0. The van der Waals surface area contributed by atoms with Crippen molar-refractivity contribution in [2.45, 2.75) is 13.3 Å². The Bertz CT molecular complexity index is 820. The summed E-state index contributed by atoms with van der Waals surface area (Å²) in [6.45, 7) is 1.97. The van der Waals surface area contributed by atoms with Crippen molar-refractivity contribution in [2.75, 3.05) is 0 Å². The number of ether oxygens (including phenoxy) is 1. The molecule has 3 aromatic rings. The zero-order valence-corrected chi connectivity index (χ0v) is 12.0. The summed E-state index contributed by atoms with van der Waals surface area (Å²) < 4.78 is 42.4. The highest BCUT2D eigenvalue weighted by Gasteiger charge is 2.31. The average molecular weight is 306 g/mol. The SMILES string of the molecule is Cc1cc(-c2ccc(OC(F)(F)F)cc2)c2ncn(C)c2c1. The Morgan fingerprint density at radius 3 is 2.41 bits per heavy atom. The Morgan fingerprint density at radius 2 is 1.77 bits per heavy atom. The van der Waals surface area contributed by atoms with Gasteiger partial charge in [0.25, 0.3) is 0 Å². The van der Waals surface area contributed by atoms with Crippen LogP contribution in [0.1, 0.15) is 5.56 Å². The number of aryl methyl sites for hydroxylation is 2. The van der Waals surface area contributed by atoms with Crippen LogP contribution in [0.15, 0.2) is 42.7 Å². The molecule has 22 heavy (non-hydrogen) atoms. The maximum Gasteiger partial charge on any atom is 0.573 e. The van der Waals surface area contributed by atoms with Gasteiger partial charge in [-0.15, -0.1) is 13.2 Å². The first kappa shape index (κ1) is 14.4. The Kier molecular flexibility index (Phi) is 3.31. The minimum absolute atomic E-state index is 0.235. The van der Waals surface area contributed by atoms with Crippen LogP contribution in [0, 0.1) is 6.92 Å². The average Bonchev–Trinajstić information content (AvgIpc) is 2.79. The number of nitrogens with zero attached hydrogens (tertiary/aromatic N) is 2. The second kappa shape index (κ2) is 5.05. The molecule has 0 N–H and O–H groups in total. The molecule has 1 heterocycles. The minimum Gasteiger partial charge on any atom is -0.406 e. The lowest BCUT2D eigenvalue weighted by Gasteiger charge is -2.10. The monoisotopic (exact) mass is 306 g/mol. The predicted octanol–water partition coefficient (Wildman–Crippen LogP) is 4.45. The van der Waals surface area contributed by atoms with E-state index < -0.39 is 6.36 Å². The lowest BCUT2D eigenvalue weighted by molar-refractivity contribution is -0.274. The maximum absolute atomic E-state index is 12.2. The number of imidazole rings is 1. The van der Waals surface area contributed by atoms with Gasteiger partial charge in [-0.1, -0.05) is 12.1 Å². The van der Waals surface area contributed by atoms with Gasteiger partial charge in [-0.05, 0) is 42.3 Å². The van der Waals surface area contributed by atoms with Gasteiger partial charge in [-0.25, -0.2) is 4.98 Å². The molecule has 0 unspecified atom stereocenters. The quantitative estimate of drug-likeness (QED) is 0.699. The van der Waals surface area contributed by atoms with E-state index in [1.807, 2.05) is 30.7 Å². The maximum atomic E-state index is 12.2. The molecule has 114 valence electrons. The number of fused-ring (bicyclic) bond motifs is 1. The van der Waals surface area contributed by atoms with Gasteiger partial charge in [0, 0.05) is 12.6 Å². The molecule has 0 saturated carbocycles. The Labute approximate surface area is 125 Å². The second-order valence-corrected chi connectivity index (χ2v) is 5.11. The van der Waals surface area contributed by atoms with Gasteiger partial charge in [-0.2, -0.15) is 0 Å². The summed E-state index contributed by atoms with van der Waals surface area (Å²) in [5.74, 6) is -0.235. The second-order valence-electron chi connectivity index (χ2n) is 5.11. The van der Waals surface area contributed by atoms with Gasteiger partial charge >= 0.3 is 6.36 Å². The first-order valence-electron chi connectivity index (χ1n) is 6.61. The van der Waals surface area contributed by atoms with Gasteiger partial charge in [0.2, 0.25) is 0 Å². The van der Waals surface area contributed by atoms with E-state index in [1.165, 1.54) is 12.1 Å². The number of rotatable bonds is 2. The fourth-order valence-electron chi connectivity index (χ4n) is 2.43. The molecule has 0 aliphatic carbocycles. The Balaban J connectivity index is 2.04. The van der Waals surface area contributed by atoms with E-state index in [0.717, 1.165) is 27.7 Å². The third-order valence-electron chi connectivity index (χ3n) is 3.37. The fourth-order valence-corrected chi connectivity index (χ4v) is 2.43. The number of aromatic nitrogens is 2. The van der Waals surface area contributed by atoms with Crippen molar-refractivity contribution >= 4 is 11.0 Å². The highest BCUT2D eigenvalue weighted by Crippen LogP contribution is 2.31. The zero-order valence-electron chi connectivity index (χ0n) is 12.0. The summed E-state index contributed by atoms with van der Waals surface area (Å²) in [5, 5.41) is 0. The highest BCUT2D eigenvalue weighted by atomic mass is 19.4. The van der Waals surface area contributed by atoms with Gasteiger partial charge < -0.3 is 9.30 Å². The van der Waals surface area contributed by atoms with E-state index >= 15 is 0 Å². The van der Waals surface area contributed by atoms with Crippen molar-refractivity contribution in [3.63, 3.8) is 0 Å². The number of benzene rings is 2. The van der Waals surface area contributed by atoms with Crippen molar-refractivity contribution in [2.24, 2.45) is 7.05 Å². The van der Waals surface area contributed by atoms with Crippen molar-refractivity contribution in [1.29, 1.82) is 0 Å². The van der Waals surface area contributed by atoms with Crippen LogP contribution >= 0.6 is 0 Å². The molecule has 0 bridgehead atoms. The molecule has 0 atom stereocenters. The largest absolute Gasteiger partial charge is 0.573 e. The summed E-state index contributed by atoms with van der Waals surface area (Å²) >= 11 is 0. The third-order valence-corrected chi connectivity index (χ3v) is 3.37. The summed E-state index contributed by atoms with van der Waals surface area (Å²) in [4.78, 5) is 4.37. The Hall–Kier alpha value is -2.50. The normalized spacial score (nSPS) is 11.9. The number of alkyl halides is 3. The summed E-state index contributed by atoms with van der Waals surface area (Å²) in [6.07, 6.45) is -2.96. The number of hydrogen-bond acceptors (Lipinski definition) is 2. The van der Waals surface area contributed by atoms with Crippen LogP contribution in [0.3, 0.4) is 0 Å². The highest BCUT2D eigenvalue weighted by molar-refractivity contribution is 5.92. The fraction of sp³-hybridized carbons (Fsp3) is 0.188. The lowest BCUT2D eigenvalue weighted by Crippen LogP contribution is -2.16. The molecular formula is C16H13F3N2O.